The highest BCUT2D eigenvalue weighted by atomic mass is 35.5. The van der Waals surface area contributed by atoms with E-state index in [1.807, 2.05) is 24.3 Å². The van der Waals surface area contributed by atoms with Crippen molar-refractivity contribution in [3.05, 3.63) is 52.5 Å². The van der Waals surface area contributed by atoms with Crippen LogP contribution in [-0.2, 0) is 4.74 Å². The van der Waals surface area contributed by atoms with Crippen LogP contribution in [0.2, 0.25) is 10.0 Å². The quantitative estimate of drug-likeness (QED) is 0.335. The van der Waals surface area contributed by atoms with Crippen LogP contribution in [0.25, 0.3) is 21.5 Å². The summed E-state index contributed by atoms with van der Waals surface area (Å²) in [4.78, 5) is 11.8. The lowest BCUT2D eigenvalue weighted by molar-refractivity contribution is 0.105. The number of ether oxygens (including phenoxy) is 2. The molecular formula is C17H12Cl2O3. The number of benzene rings is 3. The molecule has 0 unspecified atom stereocenters. The molecule has 5 heteroatoms. The maximum atomic E-state index is 11.8. The van der Waals surface area contributed by atoms with E-state index < -0.39 is 6.16 Å². The van der Waals surface area contributed by atoms with Gasteiger partial charge in [0.1, 0.15) is 0 Å². The van der Waals surface area contributed by atoms with Crippen LogP contribution in [0.15, 0.2) is 42.5 Å². The van der Waals surface area contributed by atoms with Gasteiger partial charge in [0.05, 0.1) is 11.6 Å². The molecule has 0 aromatic heterocycles. The molecule has 0 aliphatic carbocycles. The van der Waals surface area contributed by atoms with Crippen molar-refractivity contribution < 1.29 is 14.3 Å². The van der Waals surface area contributed by atoms with E-state index in [0.717, 1.165) is 16.2 Å². The summed E-state index contributed by atoms with van der Waals surface area (Å²) >= 11 is 12.3. The summed E-state index contributed by atoms with van der Waals surface area (Å²) in [6.45, 7) is 1.95. The minimum absolute atomic E-state index is 0.237. The molecule has 0 atom stereocenters. The summed E-state index contributed by atoms with van der Waals surface area (Å²) < 4.78 is 10.3. The molecule has 3 aromatic carbocycles. The summed E-state index contributed by atoms with van der Waals surface area (Å²) in [5.74, 6) is 0.383. The van der Waals surface area contributed by atoms with Crippen molar-refractivity contribution in [1.82, 2.24) is 0 Å². The summed E-state index contributed by atoms with van der Waals surface area (Å²) in [6.07, 6.45) is -0.758. The number of halogens is 2. The third-order valence-corrected chi connectivity index (χ3v) is 3.84. The molecule has 0 heterocycles. The van der Waals surface area contributed by atoms with E-state index in [9.17, 15) is 4.79 Å². The number of fused-ring (bicyclic) bond motifs is 2. The fourth-order valence-electron chi connectivity index (χ4n) is 2.40. The third kappa shape index (κ3) is 2.70. The lowest BCUT2D eigenvalue weighted by Crippen LogP contribution is -2.10. The average molecular weight is 335 g/mol. The van der Waals surface area contributed by atoms with E-state index in [1.165, 1.54) is 0 Å². The van der Waals surface area contributed by atoms with Gasteiger partial charge < -0.3 is 9.47 Å². The van der Waals surface area contributed by atoms with E-state index in [1.54, 1.807) is 25.1 Å². The maximum absolute atomic E-state index is 11.8. The highest BCUT2D eigenvalue weighted by Gasteiger charge is 2.16. The Morgan fingerprint density at radius 2 is 1.91 bits per heavy atom. The van der Waals surface area contributed by atoms with Crippen LogP contribution in [0.5, 0.6) is 5.75 Å². The molecule has 0 radical (unpaired) electrons. The molecule has 0 aliphatic rings. The van der Waals surface area contributed by atoms with Crippen LogP contribution < -0.4 is 4.74 Å². The van der Waals surface area contributed by atoms with Crippen LogP contribution in [0, 0.1) is 0 Å². The highest BCUT2D eigenvalue weighted by Crippen LogP contribution is 2.39. The molecular weight excluding hydrogens is 323 g/mol. The molecule has 0 N–H and O–H groups in total. The second-order valence-electron chi connectivity index (χ2n) is 4.69. The summed E-state index contributed by atoms with van der Waals surface area (Å²) in [7, 11) is 0. The fourth-order valence-corrected chi connectivity index (χ4v) is 2.85. The van der Waals surface area contributed by atoms with Gasteiger partial charge in [0.15, 0.2) is 5.75 Å². The van der Waals surface area contributed by atoms with Crippen molar-refractivity contribution in [2.75, 3.05) is 6.61 Å². The highest BCUT2D eigenvalue weighted by molar-refractivity contribution is 6.37. The predicted octanol–water partition coefficient (Wildman–Crippen LogP) is 5.84. The molecule has 0 aliphatic heterocycles. The summed E-state index contributed by atoms with van der Waals surface area (Å²) in [5, 5.41) is 4.26. The Labute approximate surface area is 137 Å². The zero-order chi connectivity index (χ0) is 15.7. The van der Waals surface area contributed by atoms with Crippen molar-refractivity contribution in [3.63, 3.8) is 0 Å². The molecule has 0 spiro atoms. The fraction of sp³-hybridized carbons (Fsp3) is 0.118. The van der Waals surface area contributed by atoms with Gasteiger partial charge in [-0.05, 0) is 48.0 Å². The van der Waals surface area contributed by atoms with Crippen molar-refractivity contribution in [1.29, 1.82) is 0 Å². The van der Waals surface area contributed by atoms with Crippen LogP contribution >= 0.6 is 23.2 Å². The summed E-state index contributed by atoms with van der Waals surface area (Å²) in [6, 6.07) is 12.8. The van der Waals surface area contributed by atoms with Crippen LogP contribution in [0.1, 0.15) is 6.92 Å². The molecule has 0 fully saturated rings. The van der Waals surface area contributed by atoms with E-state index in [-0.39, 0.29) is 6.61 Å². The Morgan fingerprint density at radius 1 is 1.09 bits per heavy atom. The predicted molar refractivity (Wildman–Crippen MR) is 89.1 cm³/mol. The van der Waals surface area contributed by atoms with E-state index in [2.05, 4.69) is 0 Å². The Balaban J connectivity index is 2.33. The maximum Gasteiger partial charge on any atom is 0.513 e. The number of carbonyl (C=O) groups is 1. The Morgan fingerprint density at radius 3 is 2.68 bits per heavy atom. The molecule has 112 valence electrons. The number of hydrogen-bond donors (Lipinski definition) is 0. The van der Waals surface area contributed by atoms with Crippen molar-refractivity contribution in [2.24, 2.45) is 0 Å². The first kappa shape index (κ1) is 14.9. The van der Waals surface area contributed by atoms with Crippen molar-refractivity contribution >= 4 is 50.9 Å². The minimum Gasteiger partial charge on any atom is -0.434 e. The topological polar surface area (TPSA) is 35.5 Å². The molecule has 3 aromatic rings. The van der Waals surface area contributed by atoms with Crippen LogP contribution in [0.3, 0.4) is 0 Å². The van der Waals surface area contributed by atoms with E-state index >= 15 is 0 Å². The Hall–Kier alpha value is -1.97. The lowest BCUT2D eigenvalue weighted by Gasteiger charge is -2.12. The largest absolute Gasteiger partial charge is 0.513 e. The van der Waals surface area contributed by atoms with Gasteiger partial charge >= 0.3 is 6.16 Å². The van der Waals surface area contributed by atoms with Crippen molar-refractivity contribution in [2.45, 2.75) is 6.92 Å². The van der Waals surface area contributed by atoms with Crippen LogP contribution in [0.4, 0.5) is 4.79 Å². The average Bonchev–Trinajstić information content (AvgIpc) is 2.46. The summed E-state index contributed by atoms with van der Waals surface area (Å²) in [5.41, 5.74) is 0. The first-order valence-corrected chi connectivity index (χ1v) is 7.51. The smallest absolute Gasteiger partial charge is 0.434 e. The monoisotopic (exact) mass is 334 g/mol. The van der Waals surface area contributed by atoms with Gasteiger partial charge in [0, 0.05) is 15.8 Å². The molecule has 0 bridgehead atoms. The second-order valence-corrected chi connectivity index (χ2v) is 5.54. The van der Waals surface area contributed by atoms with E-state index in [0.29, 0.717) is 21.2 Å². The second kappa shape index (κ2) is 6.03. The first-order valence-electron chi connectivity index (χ1n) is 6.75. The molecule has 0 saturated carbocycles. The lowest BCUT2D eigenvalue weighted by atomic mass is 10.0. The van der Waals surface area contributed by atoms with Gasteiger partial charge in [-0.3, -0.25) is 0 Å². The van der Waals surface area contributed by atoms with Crippen molar-refractivity contribution in [3.8, 4) is 5.75 Å². The van der Waals surface area contributed by atoms with Gasteiger partial charge in [0.2, 0.25) is 0 Å². The van der Waals surface area contributed by atoms with Gasteiger partial charge in [-0.15, -0.1) is 0 Å². The standard InChI is InChI=1S/C17H12Cl2O3/c1-2-21-17(20)22-16-13-7-6-12(18)9-11(13)8-10-4-3-5-14(19)15(10)16/h3-9H,2H2,1H3. The molecule has 3 nitrogen and oxygen atoms in total. The SMILES string of the molecule is CCOC(=O)Oc1c2ccc(Cl)cc2cc2cccc(Cl)c12. The number of rotatable bonds is 2. The van der Waals surface area contributed by atoms with Crippen LogP contribution in [-0.4, -0.2) is 12.8 Å². The molecule has 3 rings (SSSR count). The van der Waals surface area contributed by atoms with Gasteiger partial charge in [0.25, 0.3) is 0 Å². The third-order valence-electron chi connectivity index (χ3n) is 3.29. The molecule has 0 saturated heterocycles. The Bertz CT molecular complexity index is 874. The number of hydrogen-bond acceptors (Lipinski definition) is 3. The molecule has 22 heavy (non-hydrogen) atoms. The normalized spacial score (nSPS) is 10.9. The van der Waals surface area contributed by atoms with E-state index in [4.69, 9.17) is 32.7 Å². The van der Waals surface area contributed by atoms with Gasteiger partial charge in [-0.2, -0.15) is 0 Å². The zero-order valence-electron chi connectivity index (χ0n) is 11.7. The van der Waals surface area contributed by atoms with Gasteiger partial charge in [-0.25, -0.2) is 4.79 Å². The number of carbonyl (C=O) groups excluding carboxylic acids is 1. The van der Waals surface area contributed by atoms with Gasteiger partial charge in [-0.1, -0.05) is 35.3 Å². The molecule has 0 amide bonds. The zero-order valence-corrected chi connectivity index (χ0v) is 13.2. The Kier molecular flexibility index (Phi) is 4.10. The first-order chi connectivity index (χ1) is 10.6. The minimum atomic E-state index is -0.758.